The molecule has 0 bridgehead atoms. The zero-order chi connectivity index (χ0) is 32.1. The number of aromatic nitrogens is 3. The molecule has 2 aromatic heterocycles. The van der Waals surface area contributed by atoms with Crippen molar-refractivity contribution in [2.75, 3.05) is 17.2 Å². The molecule has 0 unspecified atom stereocenters. The molecule has 5 rings (SSSR count). The Balaban J connectivity index is 1.29. The minimum atomic E-state index is -4.75. The first-order valence-corrected chi connectivity index (χ1v) is 13.7. The molecule has 0 aliphatic heterocycles. The number of hydrogen-bond acceptors (Lipinski definition) is 8. The number of aryl methyl sites for hydroxylation is 2. The number of carbonyl (C=O) groups excluding carboxylic acids is 1. The van der Waals surface area contributed by atoms with Crippen molar-refractivity contribution in [3.63, 3.8) is 0 Å². The van der Waals surface area contributed by atoms with Crippen molar-refractivity contribution in [3.8, 4) is 11.1 Å². The molecule has 5 aromatic rings. The van der Waals surface area contributed by atoms with Crippen molar-refractivity contribution in [2.24, 2.45) is 10.7 Å². The van der Waals surface area contributed by atoms with Crippen molar-refractivity contribution < 1.29 is 36.8 Å². The van der Waals surface area contributed by atoms with Crippen molar-refractivity contribution in [1.29, 1.82) is 0 Å². The number of aliphatic imine (C=N–C) groups is 1. The van der Waals surface area contributed by atoms with E-state index in [1.165, 1.54) is 10.9 Å². The molecule has 2 heterocycles. The molecular weight excluding hydrogens is 591 g/mol. The lowest BCUT2D eigenvalue weighted by atomic mass is 10.00. The van der Waals surface area contributed by atoms with Gasteiger partial charge in [0.1, 0.15) is 5.76 Å². The molecule has 4 N–H and O–H groups in total. The molecule has 0 saturated carbocycles. The van der Waals surface area contributed by atoms with E-state index in [9.17, 15) is 23.1 Å². The number of rotatable bonds is 9. The van der Waals surface area contributed by atoms with Gasteiger partial charge in [-0.3, -0.25) is 14.8 Å². The Hall–Kier alpha value is -5.50. The number of nitrogens with two attached hydrogens (primary N) is 1. The van der Waals surface area contributed by atoms with E-state index in [1.807, 2.05) is 38.1 Å². The minimum absolute atomic E-state index is 0.0896. The first-order chi connectivity index (χ1) is 21.5. The van der Waals surface area contributed by atoms with Crippen molar-refractivity contribution in [3.05, 3.63) is 107 Å². The average Bonchev–Trinajstić information content (AvgIpc) is 3.58. The van der Waals surface area contributed by atoms with Gasteiger partial charge in [0.15, 0.2) is 0 Å². The predicted molar refractivity (Wildman–Crippen MR) is 157 cm³/mol. The number of hydrogen-bond donors (Lipinski definition) is 3. The van der Waals surface area contributed by atoms with E-state index >= 15 is 0 Å². The second-order valence-electron chi connectivity index (χ2n) is 10.1. The van der Waals surface area contributed by atoms with Gasteiger partial charge < -0.3 is 20.7 Å². The highest BCUT2D eigenvalue weighted by Gasteiger charge is 2.32. The van der Waals surface area contributed by atoms with Gasteiger partial charge >= 0.3 is 18.1 Å². The molecule has 0 aliphatic rings. The van der Waals surface area contributed by atoms with Gasteiger partial charge in [0.05, 0.1) is 23.5 Å². The van der Waals surface area contributed by atoms with Crippen LogP contribution in [0.15, 0.2) is 93.0 Å². The summed E-state index contributed by atoms with van der Waals surface area (Å²) in [5.41, 5.74) is 8.49. The zero-order valence-corrected chi connectivity index (χ0v) is 24.1. The van der Waals surface area contributed by atoms with Crippen molar-refractivity contribution in [1.82, 2.24) is 10.4 Å². The van der Waals surface area contributed by atoms with Gasteiger partial charge in [-0.15, -0.1) is 0 Å². The fourth-order valence-electron chi connectivity index (χ4n) is 4.76. The molecular formula is C31H28F3N7O4. The highest BCUT2D eigenvalue weighted by atomic mass is 19.4. The monoisotopic (exact) mass is 619 g/mol. The Bertz CT molecular complexity index is 1800. The van der Waals surface area contributed by atoms with Crippen LogP contribution in [0.1, 0.15) is 34.2 Å². The van der Waals surface area contributed by atoms with Crippen LogP contribution >= 0.6 is 0 Å². The summed E-state index contributed by atoms with van der Waals surface area (Å²) < 4.78 is 52.7. The third kappa shape index (κ3) is 7.54. The lowest BCUT2D eigenvalue weighted by Crippen LogP contribution is -2.45. The smallest absolute Gasteiger partial charge is 0.416 e. The first kappa shape index (κ1) is 30.9. The Labute approximate surface area is 255 Å². The van der Waals surface area contributed by atoms with Crippen LogP contribution in [0.2, 0.25) is 0 Å². The van der Waals surface area contributed by atoms with Gasteiger partial charge in [-0.1, -0.05) is 59.8 Å². The van der Waals surface area contributed by atoms with Crippen LogP contribution in [-0.4, -0.2) is 28.9 Å². The summed E-state index contributed by atoms with van der Waals surface area (Å²) in [7, 11) is 0. The molecule has 0 aliphatic carbocycles. The highest BCUT2D eigenvalue weighted by Crippen LogP contribution is 2.34. The number of anilines is 2. The van der Waals surface area contributed by atoms with E-state index in [0.717, 1.165) is 40.6 Å². The molecule has 14 heteroatoms. The number of nitrogens with zero attached hydrogens (tertiary/aromatic N) is 4. The molecule has 0 saturated heterocycles. The van der Waals surface area contributed by atoms with E-state index in [-0.39, 0.29) is 30.2 Å². The van der Waals surface area contributed by atoms with Crippen LogP contribution in [0.4, 0.5) is 35.2 Å². The number of carbonyl (C=O) groups is 1. The maximum absolute atomic E-state index is 13.6. The van der Waals surface area contributed by atoms with Crippen LogP contribution < -0.4 is 26.2 Å². The first-order valence-electron chi connectivity index (χ1n) is 13.7. The van der Waals surface area contributed by atoms with Crippen LogP contribution in [-0.2, 0) is 12.6 Å². The third-order valence-electron chi connectivity index (χ3n) is 6.83. The van der Waals surface area contributed by atoms with Crippen LogP contribution in [0.3, 0.4) is 0 Å². The standard InChI is InChI=1S/C31H28F3N7O4/c1-18-29(19(2)44-39-18)22-10-8-21(9-11-22)26(16-35)41-17-28(45-40-41)38-30(43)37-25-14-23(31(32,33)34)13-24(15-25)36-27(42)12-20-6-4-3-5-7-20/h3-11,13-15,17,26H,12,16,35H2,1-2H3,(H2-,36,37,38,40,42,43)/t26-/m1/s1. The van der Waals surface area contributed by atoms with Crippen molar-refractivity contribution in [2.45, 2.75) is 32.5 Å². The summed E-state index contributed by atoms with van der Waals surface area (Å²) in [6.07, 6.45) is -3.45. The van der Waals surface area contributed by atoms with Crippen LogP contribution in [0.5, 0.6) is 0 Å². The van der Waals surface area contributed by atoms with Gasteiger partial charge in [0.2, 0.25) is 11.3 Å². The Morgan fingerprint density at radius 2 is 1.78 bits per heavy atom. The number of amides is 2. The fraction of sp³-hybridized carbons (Fsp3) is 0.194. The van der Waals surface area contributed by atoms with Crippen LogP contribution in [0.25, 0.3) is 11.1 Å². The summed E-state index contributed by atoms with van der Waals surface area (Å²) >= 11 is 0. The topological polar surface area (TPSA) is 159 Å². The summed E-state index contributed by atoms with van der Waals surface area (Å²) in [6.45, 7) is 3.83. The quantitative estimate of drug-likeness (QED) is 0.118. The van der Waals surface area contributed by atoms with E-state index in [2.05, 4.69) is 26.1 Å². The molecule has 1 atom stereocenters. The number of benzene rings is 3. The summed E-state index contributed by atoms with van der Waals surface area (Å²) in [5, 5.41) is 25.1. The average molecular weight is 620 g/mol. The third-order valence-corrected chi connectivity index (χ3v) is 6.83. The van der Waals surface area contributed by atoms with Gasteiger partial charge in [0, 0.05) is 23.2 Å². The molecule has 0 fully saturated rings. The lowest BCUT2D eigenvalue weighted by Gasteiger charge is -2.14. The van der Waals surface area contributed by atoms with Gasteiger partial charge in [-0.05, 0) is 53.8 Å². The number of halogens is 3. The van der Waals surface area contributed by atoms with E-state index in [4.69, 9.17) is 14.8 Å². The number of nitrogens with one attached hydrogen (secondary N) is 2. The number of urea groups is 1. The molecule has 232 valence electrons. The summed E-state index contributed by atoms with van der Waals surface area (Å²) in [5.74, 6) is -0.0361. The molecule has 45 heavy (non-hydrogen) atoms. The zero-order valence-electron chi connectivity index (χ0n) is 24.1. The molecule has 11 nitrogen and oxygen atoms in total. The maximum Gasteiger partial charge on any atom is 0.416 e. The summed E-state index contributed by atoms with van der Waals surface area (Å²) in [4.78, 5) is 16.5. The predicted octanol–water partition coefficient (Wildman–Crippen LogP) is 5.08. The Morgan fingerprint density at radius 3 is 2.42 bits per heavy atom. The SMILES string of the molecule is Cc1noc(C)c1-c1ccc([C@@H](CN)[n+]2cc(NC(=O)Nc3cc(N=C([O-])Cc4ccccc4)cc(C(F)(F)F)c3)on2)cc1. The summed E-state index contributed by atoms with van der Waals surface area (Å²) in [6, 6.07) is 17.5. The Morgan fingerprint density at radius 1 is 1.04 bits per heavy atom. The van der Waals surface area contributed by atoms with Gasteiger partial charge in [-0.25, -0.2) is 4.79 Å². The van der Waals surface area contributed by atoms with Crippen molar-refractivity contribution >= 4 is 29.2 Å². The normalized spacial score (nSPS) is 12.6. The number of alkyl halides is 3. The largest absolute Gasteiger partial charge is 0.861 e. The van der Waals surface area contributed by atoms with Gasteiger partial charge in [0.25, 0.3) is 6.20 Å². The van der Waals surface area contributed by atoms with Crippen LogP contribution in [0, 0.1) is 13.8 Å². The van der Waals surface area contributed by atoms with E-state index < -0.39 is 29.7 Å². The molecule has 0 radical (unpaired) electrons. The lowest BCUT2D eigenvalue weighted by molar-refractivity contribution is -0.775. The second kappa shape index (κ2) is 13.0. The molecule has 3 aromatic carbocycles. The highest BCUT2D eigenvalue weighted by molar-refractivity contribution is 5.99. The maximum atomic E-state index is 13.6. The molecule has 0 spiro atoms. The minimum Gasteiger partial charge on any atom is -0.861 e. The van der Waals surface area contributed by atoms with E-state index in [1.54, 1.807) is 30.3 Å². The van der Waals surface area contributed by atoms with E-state index in [0.29, 0.717) is 11.3 Å². The Kier molecular flexibility index (Phi) is 8.95. The fourth-order valence-corrected chi connectivity index (χ4v) is 4.76. The molecule has 2 amide bonds. The van der Waals surface area contributed by atoms with Gasteiger partial charge in [-0.2, -0.15) is 13.2 Å². The second-order valence-corrected chi connectivity index (χ2v) is 10.1.